The summed E-state index contributed by atoms with van der Waals surface area (Å²) < 4.78 is 28.5. The van der Waals surface area contributed by atoms with E-state index in [2.05, 4.69) is 15.9 Å². The molecule has 3 N–H and O–H groups in total. The molecule has 6 heteroatoms. The first-order valence-corrected chi connectivity index (χ1v) is 6.86. The highest BCUT2D eigenvalue weighted by atomic mass is 79.9. The van der Waals surface area contributed by atoms with Crippen molar-refractivity contribution in [3.05, 3.63) is 58.1 Å². The zero-order valence-electron chi connectivity index (χ0n) is 9.58. The second-order valence-corrected chi connectivity index (χ2v) is 5.62. The molecule has 2 aromatic rings. The molecule has 0 atom stereocenters. The van der Waals surface area contributed by atoms with Crippen LogP contribution in [0.15, 0.2) is 50.7 Å². The van der Waals surface area contributed by atoms with Crippen LogP contribution in [0.25, 0.3) is 0 Å². The Morgan fingerprint density at radius 3 is 2.26 bits per heavy atom. The summed E-state index contributed by atoms with van der Waals surface area (Å²) in [5, 5.41) is 7.18. The van der Waals surface area contributed by atoms with E-state index in [0.29, 0.717) is 4.90 Å². The molecule has 19 heavy (non-hydrogen) atoms. The fourth-order valence-corrected chi connectivity index (χ4v) is 2.82. The molecule has 0 aromatic heterocycles. The number of nitrogen functional groups attached to an aromatic ring is 1. The SMILES string of the molecule is N=C(N)c1cc(F)c(Sc2ccccc2Br)c(F)c1. The van der Waals surface area contributed by atoms with Crippen LogP contribution in [0.3, 0.4) is 0 Å². The lowest BCUT2D eigenvalue weighted by Crippen LogP contribution is -2.12. The van der Waals surface area contributed by atoms with Gasteiger partial charge in [0.15, 0.2) is 0 Å². The van der Waals surface area contributed by atoms with Gasteiger partial charge in [0.2, 0.25) is 0 Å². The van der Waals surface area contributed by atoms with Gasteiger partial charge in [-0.15, -0.1) is 0 Å². The Balaban J connectivity index is 2.42. The van der Waals surface area contributed by atoms with E-state index in [-0.39, 0.29) is 16.3 Å². The molecule has 98 valence electrons. The molecule has 0 heterocycles. The zero-order valence-corrected chi connectivity index (χ0v) is 12.0. The molecule has 0 spiro atoms. The van der Waals surface area contributed by atoms with Crippen molar-refractivity contribution < 1.29 is 8.78 Å². The number of halogens is 3. The van der Waals surface area contributed by atoms with Crippen LogP contribution in [0, 0.1) is 17.0 Å². The van der Waals surface area contributed by atoms with Crippen molar-refractivity contribution in [1.29, 1.82) is 5.41 Å². The number of benzene rings is 2. The van der Waals surface area contributed by atoms with Gasteiger partial charge in [0.05, 0.1) is 4.90 Å². The Morgan fingerprint density at radius 2 is 1.74 bits per heavy atom. The molecule has 0 saturated carbocycles. The average Bonchev–Trinajstić information content (AvgIpc) is 2.35. The first-order valence-electron chi connectivity index (χ1n) is 5.25. The van der Waals surface area contributed by atoms with Crippen molar-refractivity contribution >= 4 is 33.5 Å². The van der Waals surface area contributed by atoms with Crippen molar-refractivity contribution in [2.45, 2.75) is 9.79 Å². The number of hydrogen-bond acceptors (Lipinski definition) is 2. The molecule has 0 amide bonds. The van der Waals surface area contributed by atoms with Crippen LogP contribution in [0.4, 0.5) is 8.78 Å². The molecular weight excluding hydrogens is 334 g/mol. The van der Waals surface area contributed by atoms with Crippen molar-refractivity contribution in [2.24, 2.45) is 5.73 Å². The highest BCUT2D eigenvalue weighted by molar-refractivity contribution is 9.10. The van der Waals surface area contributed by atoms with E-state index in [0.717, 1.165) is 28.4 Å². The number of rotatable bonds is 3. The van der Waals surface area contributed by atoms with E-state index in [9.17, 15) is 8.78 Å². The molecule has 2 nitrogen and oxygen atoms in total. The van der Waals surface area contributed by atoms with E-state index in [1.165, 1.54) is 0 Å². The lowest BCUT2D eigenvalue weighted by molar-refractivity contribution is 0.540. The second kappa shape index (κ2) is 5.71. The van der Waals surface area contributed by atoms with Gasteiger partial charge in [0.1, 0.15) is 17.5 Å². The van der Waals surface area contributed by atoms with Crippen LogP contribution in [0.2, 0.25) is 0 Å². The highest BCUT2D eigenvalue weighted by Gasteiger charge is 2.14. The van der Waals surface area contributed by atoms with Crippen molar-refractivity contribution in [2.75, 3.05) is 0 Å². The van der Waals surface area contributed by atoms with Gasteiger partial charge in [-0.2, -0.15) is 0 Å². The summed E-state index contributed by atoms with van der Waals surface area (Å²) in [6, 6.07) is 9.27. The summed E-state index contributed by atoms with van der Waals surface area (Å²) in [7, 11) is 0. The van der Waals surface area contributed by atoms with Gasteiger partial charge in [-0.25, -0.2) is 8.78 Å². The minimum Gasteiger partial charge on any atom is -0.384 e. The molecule has 0 radical (unpaired) electrons. The molecule has 0 saturated heterocycles. The third-order valence-corrected chi connectivity index (χ3v) is 4.48. The van der Waals surface area contributed by atoms with Crippen LogP contribution in [-0.4, -0.2) is 5.84 Å². The summed E-state index contributed by atoms with van der Waals surface area (Å²) in [5.74, 6) is -1.83. The highest BCUT2D eigenvalue weighted by Crippen LogP contribution is 2.36. The molecule has 0 bridgehead atoms. The van der Waals surface area contributed by atoms with Gasteiger partial charge < -0.3 is 5.73 Å². The maximum Gasteiger partial charge on any atom is 0.140 e. The van der Waals surface area contributed by atoms with Crippen LogP contribution in [-0.2, 0) is 0 Å². The topological polar surface area (TPSA) is 49.9 Å². The minimum atomic E-state index is -0.731. The number of nitrogens with two attached hydrogens (primary N) is 1. The van der Waals surface area contributed by atoms with E-state index >= 15 is 0 Å². The molecule has 0 unspecified atom stereocenters. The largest absolute Gasteiger partial charge is 0.384 e. The number of amidine groups is 1. The minimum absolute atomic E-state index is 0.0338. The number of hydrogen-bond donors (Lipinski definition) is 2. The zero-order chi connectivity index (χ0) is 14.0. The van der Waals surface area contributed by atoms with Gasteiger partial charge in [0, 0.05) is 14.9 Å². The molecule has 0 aliphatic carbocycles. The molecule has 0 aliphatic rings. The Labute approximate surface area is 121 Å². The van der Waals surface area contributed by atoms with Gasteiger partial charge in [-0.05, 0) is 40.2 Å². The molecule has 2 rings (SSSR count). The Hall–Kier alpha value is -1.40. The standard InChI is InChI=1S/C13H9BrF2N2S/c14-8-3-1-2-4-11(8)19-12-9(15)5-7(13(17)18)6-10(12)16/h1-6H,(H3,17,18). The second-order valence-electron chi connectivity index (χ2n) is 3.72. The van der Waals surface area contributed by atoms with Crippen LogP contribution in [0.1, 0.15) is 5.56 Å². The lowest BCUT2D eigenvalue weighted by atomic mass is 10.2. The monoisotopic (exact) mass is 342 g/mol. The van der Waals surface area contributed by atoms with Crippen LogP contribution >= 0.6 is 27.7 Å². The Bertz CT molecular complexity index is 623. The maximum atomic E-state index is 13.9. The lowest BCUT2D eigenvalue weighted by Gasteiger charge is -2.08. The Morgan fingerprint density at radius 1 is 1.16 bits per heavy atom. The smallest absolute Gasteiger partial charge is 0.140 e. The predicted molar refractivity (Wildman–Crippen MR) is 75.6 cm³/mol. The van der Waals surface area contributed by atoms with Gasteiger partial charge in [-0.3, -0.25) is 5.41 Å². The van der Waals surface area contributed by atoms with E-state index in [1.807, 2.05) is 6.07 Å². The van der Waals surface area contributed by atoms with Crippen LogP contribution in [0.5, 0.6) is 0 Å². The third-order valence-electron chi connectivity index (χ3n) is 2.36. The van der Waals surface area contributed by atoms with Crippen LogP contribution < -0.4 is 5.73 Å². The third kappa shape index (κ3) is 3.13. The van der Waals surface area contributed by atoms with Gasteiger partial charge in [0.25, 0.3) is 0 Å². The summed E-state index contributed by atoms with van der Waals surface area (Å²) in [4.78, 5) is 0.591. The molecule has 0 fully saturated rings. The van der Waals surface area contributed by atoms with Crippen molar-refractivity contribution in [3.8, 4) is 0 Å². The fraction of sp³-hybridized carbons (Fsp3) is 0. The van der Waals surface area contributed by atoms with Crippen molar-refractivity contribution in [1.82, 2.24) is 0 Å². The van der Waals surface area contributed by atoms with Gasteiger partial charge >= 0.3 is 0 Å². The first-order chi connectivity index (χ1) is 8.99. The molecular formula is C13H9BrF2N2S. The molecule has 2 aromatic carbocycles. The van der Waals surface area contributed by atoms with E-state index in [4.69, 9.17) is 11.1 Å². The average molecular weight is 343 g/mol. The van der Waals surface area contributed by atoms with E-state index in [1.54, 1.807) is 18.2 Å². The maximum absolute atomic E-state index is 13.9. The number of nitrogens with one attached hydrogen (secondary N) is 1. The van der Waals surface area contributed by atoms with Crippen molar-refractivity contribution in [3.63, 3.8) is 0 Å². The Kier molecular flexibility index (Phi) is 4.21. The normalized spacial score (nSPS) is 10.5. The van der Waals surface area contributed by atoms with Gasteiger partial charge in [-0.1, -0.05) is 23.9 Å². The summed E-state index contributed by atoms with van der Waals surface area (Å²) in [6.07, 6.45) is 0. The predicted octanol–water partition coefficient (Wildman–Crippen LogP) is 4.16. The fourth-order valence-electron chi connectivity index (χ4n) is 1.45. The first kappa shape index (κ1) is 14.0. The molecule has 0 aliphatic heterocycles. The summed E-state index contributed by atoms with van der Waals surface area (Å²) in [6.45, 7) is 0. The van der Waals surface area contributed by atoms with E-state index < -0.39 is 11.6 Å². The quantitative estimate of drug-likeness (QED) is 0.649. The summed E-state index contributed by atoms with van der Waals surface area (Å²) >= 11 is 4.30. The summed E-state index contributed by atoms with van der Waals surface area (Å²) in [5.41, 5.74) is 5.25.